The van der Waals surface area contributed by atoms with Crippen molar-refractivity contribution in [1.82, 2.24) is 0 Å². The van der Waals surface area contributed by atoms with E-state index in [0.29, 0.717) is 6.42 Å². The lowest BCUT2D eigenvalue weighted by atomic mass is 10.1. The Kier molecular flexibility index (Phi) is 5.52. The second-order valence-electron chi connectivity index (χ2n) is 5.53. The van der Waals surface area contributed by atoms with Crippen LogP contribution in [-0.4, -0.2) is 25.9 Å². The summed E-state index contributed by atoms with van der Waals surface area (Å²) in [6.07, 6.45) is 1.20. The summed E-state index contributed by atoms with van der Waals surface area (Å²) in [5.74, 6) is 0.0477. The number of rotatable bonds is 5. The van der Waals surface area contributed by atoms with E-state index in [1.807, 2.05) is 54.6 Å². The highest BCUT2D eigenvalue weighted by Gasteiger charge is 2.12. The van der Waals surface area contributed by atoms with Crippen LogP contribution in [-0.2, 0) is 16.0 Å². The molecule has 0 atom stereocenters. The third-order valence-corrected chi connectivity index (χ3v) is 3.94. The van der Waals surface area contributed by atoms with Gasteiger partial charge in [0.25, 0.3) is 0 Å². The number of carbonyl (C=O) groups excluding carboxylic acids is 2. The summed E-state index contributed by atoms with van der Waals surface area (Å²) < 4.78 is 0. The highest BCUT2D eigenvalue weighted by Crippen LogP contribution is 2.20. The Balaban J connectivity index is 1.98. The van der Waals surface area contributed by atoms with Crippen molar-refractivity contribution in [2.75, 3.05) is 23.9 Å². The fourth-order valence-electron chi connectivity index (χ4n) is 2.29. The number of amides is 2. The highest BCUT2D eigenvalue weighted by atomic mass is 16.2. The molecular weight excluding hydrogens is 288 g/mol. The van der Waals surface area contributed by atoms with Crippen LogP contribution in [0, 0.1) is 0 Å². The molecule has 0 aliphatic carbocycles. The van der Waals surface area contributed by atoms with Crippen LogP contribution in [0.3, 0.4) is 0 Å². The molecule has 0 radical (unpaired) electrons. The zero-order valence-corrected chi connectivity index (χ0v) is 13.8. The van der Waals surface area contributed by atoms with E-state index in [1.54, 1.807) is 23.9 Å². The van der Waals surface area contributed by atoms with E-state index in [1.165, 1.54) is 6.92 Å². The lowest BCUT2D eigenvalue weighted by Crippen LogP contribution is -2.27. The van der Waals surface area contributed by atoms with Gasteiger partial charge in [-0.2, -0.15) is 0 Å². The molecule has 2 amide bonds. The van der Waals surface area contributed by atoms with E-state index in [4.69, 9.17) is 0 Å². The Bertz CT molecular complexity index is 666. The second kappa shape index (κ2) is 7.58. The smallest absolute Gasteiger partial charge is 0.227 e. The van der Waals surface area contributed by atoms with E-state index >= 15 is 0 Å². The van der Waals surface area contributed by atoms with E-state index in [0.717, 1.165) is 23.4 Å². The number of anilines is 2. The highest BCUT2D eigenvalue weighted by molar-refractivity contribution is 5.94. The van der Waals surface area contributed by atoms with Crippen LogP contribution in [0.4, 0.5) is 11.4 Å². The van der Waals surface area contributed by atoms with Gasteiger partial charge in [-0.15, -0.1) is 0 Å². The third-order valence-electron chi connectivity index (χ3n) is 3.94. The summed E-state index contributed by atoms with van der Waals surface area (Å²) in [5, 5.41) is 0. The molecule has 0 N–H and O–H groups in total. The van der Waals surface area contributed by atoms with E-state index in [9.17, 15) is 9.59 Å². The predicted octanol–water partition coefficient (Wildman–Crippen LogP) is 3.26. The SMILES string of the molecule is CC(=O)N(C)c1ccc(N(C)C(=O)CCc2ccccc2)cc1. The molecule has 0 bridgehead atoms. The van der Waals surface area contributed by atoms with Gasteiger partial charge in [0.2, 0.25) is 11.8 Å². The molecular formula is C19H22N2O2. The normalized spacial score (nSPS) is 10.2. The van der Waals surface area contributed by atoms with Gasteiger partial charge in [0.15, 0.2) is 0 Å². The lowest BCUT2D eigenvalue weighted by Gasteiger charge is -2.20. The van der Waals surface area contributed by atoms with E-state index < -0.39 is 0 Å². The standard InChI is InChI=1S/C19H22N2O2/c1-15(22)20(2)17-10-12-18(13-11-17)21(3)19(23)14-9-16-7-5-4-6-8-16/h4-8,10-13H,9,14H2,1-3H3. The van der Waals surface area contributed by atoms with Crippen molar-refractivity contribution in [3.63, 3.8) is 0 Å². The third kappa shape index (κ3) is 4.42. The minimum atomic E-state index is -0.0231. The molecule has 0 unspecified atom stereocenters. The molecule has 0 saturated heterocycles. The molecule has 0 aliphatic rings. The van der Waals surface area contributed by atoms with Crippen molar-refractivity contribution in [3.05, 3.63) is 60.2 Å². The van der Waals surface area contributed by atoms with Crippen LogP contribution in [0.2, 0.25) is 0 Å². The zero-order valence-electron chi connectivity index (χ0n) is 13.8. The van der Waals surface area contributed by atoms with Gasteiger partial charge in [-0.3, -0.25) is 9.59 Å². The fraction of sp³-hybridized carbons (Fsp3) is 0.263. The van der Waals surface area contributed by atoms with Crippen LogP contribution in [0.15, 0.2) is 54.6 Å². The molecule has 0 aliphatic heterocycles. The first-order valence-corrected chi connectivity index (χ1v) is 7.64. The summed E-state index contributed by atoms with van der Waals surface area (Å²) in [7, 11) is 3.50. The van der Waals surface area contributed by atoms with Gasteiger partial charge >= 0.3 is 0 Å². The molecule has 0 spiro atoms. The number of nitrogens with zero attached hydrogens (tertiary/aromatic N) is 2. The van der Waals surface area contributed by atoms with E-state index in [-0.39, 0.29) is 11.8 Å². The zero-order chi connectivity index (χ0) is 16.8. The first-order chi connectivity index (χ1) is 11.0. The Morgan fingerprint density at radius 1 is 0.826 bits per heavy atom. The van der Waals surface area contributed by atoms with Crippen molar-refractivity contribution < 1.29 is 9.59 Å². The molecule has 0 heterocycles. The van der Waals surface area contributed by atoms with Crippen LogP contribution in [0.25, 0.3) is 0 Å². The molecule has 2 aromatic carbocycles. The monoisotopic (exact) mass is 310 g/mol. The summed E-state index contributed by atoms with van der Waals surface area (Å²) in [5.41, 5.74) is 2.79. The first-order valence-electron chi connectivity index (χ1n) is 7.64. The first kappa shape index (κ1) is 16.7. The van der Waals surface area contributed by atoms with Gasteiger partial charge in [0.1, 0.15) is 0 Å². The summed E-state index contributed by atoms with van der Waals surface area (Å²) in [4.78, 5) is 26.9. The van der Waals surface area contributed by atoms with Gasteiger partial charge in [-0.25, -0.2) is 0 Å². The molecule has 2 rings (SSSR count). The average Bonchev–Trinajstić information content (AvgIpc) is 2.59. The van der Waals surface area contributed by atoms with Gasteiger partial charge in [-0.05, 0) is 36.2 Å². The molecule has 0 saturated carbocycles. The molecule has 0 aromatic heterocycles. The Morgan fingerprint density at radius 3 is 1.87 bits per heavy atom. The van der Waals surface area contributed by atoms with Gasteiger partial charge in [0, 0.05) is 38.8 Å². The van der Waals surface area contributed by atoms with Crippen LogP contribution < -0.4 is 9.80 Å². The number of carbonyl (C=O) groups is 2. The predicted molar refractivity (Wildman–Crippen MR) is 93.7 cm³/mol. The van der Waals surface area contributed by atoms with Crippen LogP contribution in [0.1, 0.15) is 18.9 Å². The number of aryl methyl sites for hydroxylation is 1. The van der Waals surface area contributed by atoms with Crippen LogP contribution in [0.5, 0.6) is 0 Å². The minimum absolute atomic E-state index is 0.0231. The van der Waals surface area contributed by atoms with Crippen molar-refractivity contribution in [3.8, 4) is 0 Å². The second-order valence-corrected chi connectivity index (χ2v) is 5.53. The average molecular weight is 310 g/mol. The van der Waals surface area contributed by atoms with Crippen molar-refractivity contribution in [1.29, 1.82) is 0 Å². The Hall–Kier alpha value is -2.62. The molecule has 0 fully saturated rings. The van der Waals surface area contributed by atoms with Gasteiger partial charge in [-0.1, -0.05) is 30.3 Å². The van der Waals surface area contributed by atoms with Crippen molar-refractivity contribution in [2.45, 2.75) is 19.8 Å². The topological polar surface area (TPSA) is 40.6 Å². The Labute approximate surface area is 137 Å². The summed E-state index contributed by atoms with van der Waals surface area (Å²) >= 11 is 0. The Morgan fingerprint density at radius 2 is 1.35 bits per heavy atom. The molecule has 4 nitrogen and oxygen atoms in total. The van der Waals surface area contributed by atoms with Gasteiger partial charge < -0.3 is 9.80 Å². The minimum Gasteiger partial charge on any atom is -0.316 e. The number of hydrogen-bond acceptors (Lipinski definition) is 2. The van der Waals surface area contributed by atoms with Crippen molar-refractivity contribution in [2.24, 2.45) is 0 Å². The van der Waals surface area contributed by atoms with E-state index in [2.05, 4.69) is 0 Å². The fourth-order valence-corrected chi connectivity index (χ4v) is 2.29. The maximum Gasteiger partial charge on any atom is 0.227 e. The molecule has 2 aromatic rings. The molecule has 120 valence electrons. The number of benzene rings is 2. The quantitative estimate of drug-likeness (QED) is 0.850. The van der Waals surface area contributed by atoms with Crippen LogP contribution >= 0.6 is 0 Å². The van der Waals surface area contributed by atoms with Crippen molar-refractivity contribution >= 4 is 23.2 Å². The largest absolute Gasteiger partial charge is 0.316 e. The maximum absolute atomic E-state index is 12.3. The lowest BCUT2D eigenvalue weighted by molar-refractivity contribution is -0.118. The number of hydrogen-bond donors (Lipinski definition) is 0. The molecule has 4 heteroatoms. The molecule has 23 heavy (non-hydrogen) atoms. The summed E-state index contributed by atoms with van der Waals surface area (Å²) in [6.45, 7) is 1.52. The van der Waals surface area contributed by atoms with Gasteiger partial charge in [0.05, 0.1) is 0 Å². The maximum atomic E-state index is 12.3. The summed E-state index contributed by atoms with van der Waals surface area (Å²) in [6, 6.07) is 17.4.